The van der Waals surface area contributed by atoms with E-state index in [0.29, 0.717) is 11.4 Å². The number of ether oxygens (including phenoxy) is 1. The topological polar surface area (TPSA) is 133 Å². The molecular formula is C17H24N4O6. The van der Waals surface area contributed by atoms with E-state index >= 15 is 0 Å². The van der Waals surface area contributed by atoms with Crippen LogP contribution in [0.2, 0.25) is 0 Å². The third-order valence-corrected chi connectivity index (χ3v) is 5.07. The number of nitro groups is 1. The average Bonchev–Trinajstić information content (AvgIpc) is 2.96. The van der Waals surface area contributed by atoms with Gasteiger partial charge in [-0.05, 0) is 19.8 Å². The van der Waals surface area contributed by atoms with Crippen LogP contribution < -0.4 is 5.32 Å². The number of carbonyl (C=O) groups excluding carboxylic acids is 3. The van der Waals surface area contributed by atoms with E-state index in [-0.39, 0.29) is 31.1 Å². The number of nitrogens with one attached hydrogen (secondary N) is 1. The minimum Gasteiger partial charge on any atom is -0.456 e. The summed E-state index contributed by atoms with van der Waals surface area (Å²) in [5.74, 6) is -2.78. The van der Waals surface area contributed by atoms with Gasteiger partial charge in [-0.15, -0.1) is 0 Å². The van der Waals surface area contributed by atoms with Crippen LogP contribution >= 0.6 is 0 Å². The fraction of sp³-hybridized carbons (Fsp3) is 0.647. The number of aryl methyl sites for hydroxylation is 2. The van der Waals surface area contributed by atoms with E-state index in [9.17, 15) is 24.5 Å². The van der Waals surface area contributed by atoms with E-state index in [1.807, 2.05) is 0 Å². The molecule has 0 aliphatic heterocycles. The van der Waals surface area contributed by atoms with Gasteiger partial charge in [0.15, 0.2) is 6.61 Å². The van der Waals surface area contributed by atoms with Crippen molar-refractivity contribution < 1.29 is 24.0 Å². The number of hydrogen-bond donors (Lipinski definition) is 1. The fourth-order valence-electron chi connectivity index (χ4n) is 3.51. The number of esters is 1. The number of amides is 1. The lowest BCUT2D eigenvalue weighted by Crippen LogP contribution is -2.28. The number of ketones is 1. The number of anilines is 1. The number of nitrogens with zero attached hydrogens (tertiary/aromatic N) is 3. The molecule has 1 aliphatic carbocycles. The molecule has 0 saturated heterocycles. The zero-order valence-electron chi connectivity index (χ0n) is 15.9. The second-order valence-corrected chi connectivity index (χ2v) is 7.02. The van der Waals surface area contributed by atoms with E-state index in [2.05, 4.69) is 10.4 Å². The lowest BCUT2D eigenvalue weighted by Gasteiger charge is -2.17. The molecule has 0 spiro atoms. The summed E-state index contributed by atoms with van der Waals surface area (Å²) in [6, 6.07) is 0. The Bertz CT molecular complexity index is 772. The van der Waals surface area contributed by atoms with Gasteiger partial charge in [0.25, 0.3) is 5.91 Å². The SMILES string of the molecule is Cc1nn(C)c(C)c1NC(=O)COC(=O)C[C@@H]1C(=O)C[C@@H](C)[C@@H]1C[N+](=O)[O-]. The Kier molecular flexibility index (Phi) is 6.29. The van der Waals surface area contributed by atoms with Gasteiger partial charge in [0, 0.05) is 30.2 Å². The number of Topliss-reactive ketones (excluding diaryl/α,β-unsaturated/α-hetero) is 1. The van der Waals surface area contributed by atoms with E-state index in [0.717, 1.165) is 5.69 Å². The second-order valence-electron chi connectivity index (χ2n) is 7.02. The maximum absolute atomic E-state index is 12.0. The highest BCUT2D eigenvalue weighted by atomic mass is 16.6. The zero-order valence-corrected chi connectivity index (χ0v) is 15.9. The standard InChI is InChI=1S/C17H24N4O6/c1-9-5-14(22)12(13(9)7-21(25)26)6-16(24)27-8-15(23)18-17-10(2)19-20(4)11(17)3/h9,12-13H,5-8H2,1-4H3,(H,18,23)/t9-,12+,13+/m1/s1. The lowest BCUT2D eigenvalue weighted by molar-refractivity contribution is -0.490. The summed E-state index contributed by atoms with van der Waals surface area (Å²) in [5, 5.41) is 17.6. The Morgan fingerprint density at radius 3 is 2.63 bits per heavy atom. The first kappa shape index (κ1) is 20.5. The number of hydrogen-bond acceptors (Lipinski definition) is 7. The summed E-state index contributed by atoms with van der Waals surface area (Å²) in [7, 11) is 1.75. The summed E-state index contributed by atoms with van der Waals surface area (Å²) < 4.78 is 6.59. The maximum Gasteiger partial charge on any atom is 0.307 e. The van der Waals surface area contributed by atoms with Crippen molar-refractivity contribution in [2.24, 2.45) is 24.8 Å². The highest BCUT2D eigenvalue weighted by molar-refractivity contribution is 5.94. The van der Waals surface area contributed by atoms with Crippen LogP contribution in [0.4, 0.5) is 5.69 Å². The summed E-state index contributed by atoms with van der Waals surface area (Å²) in [6.07, 6.45) is -0.0313. The van der Waals surface area contributed by atoms with Gasteiger partial charge in [-0.1, -0.05) is 6.92 Å². The van der Waals surface area contributed by atoms with Crippen molar-refractivity contribution in [2.45, 2.75) is 33.6 Å². The largest absolute Gasteiger partial charge is 0.456 e. The molecule has 0 bridgehead atoms. The number of aromatic nitrogens is 2. The first-order valence-electron chi connectivity index (χ1n) is 8.70. The maximum atomic E-state index is 12.0. The van der Waals surface area contributed by atoms with Gasteiger partial charge in [-0.25, -0.2) is 0 Å². The molecule has 0 aromatic carbocycles. The third kappa shape index (κ3) is 4.89. The lowest BCUT2D eigenvalue weighted by atomic mass is 9.88. The Hall–Kier alpha value is -2.78. The van der Waals surface area contributed by atoms with E-state index < -0.39 is 35.2 Å². The quantitative estimate of drug-likeness (QED) is 0.424. The van der Waals surface area contributed by atoms with Crippen LogP contribution in [0.3, 0.4) is 0 Å². The highest BCUT2D eigenvalue weighted by Crippen LogP contribution is 2.36. The zero-order chi connectivity index (χ0) is 20.3. The molecule has 10 heteroatoms. The van der Waals surface area contributed by atoms with E-state index in [4.69, 9.17) is 4.74 Å². The van der Waals surface area contributed by atoms with Gasteiger partial charge >= 0.3 is 5.97 Å². The van der Waals surface area contributed by atoms with Crippen molar-refractivity contribution in [3.8, 4) is 0 Å². The van der Waals surface area contributed by atoms with Crippen molar-refractivity contribution in [1.29, 1.82) is 0 Å². The van der Waals surface area contributed by atoms with Gasteiger partial charge in [0.05, 0.1) is 23.5 Å². The molecular weight excluding hydrogens is 356 g/mol. The molecule has 1 amide bonds. The normalized spacial score (nSPS) is 21.9. The van der Waals surface area contributed by atoms with Crippen molar-refractivity contribution >= 4 is 23.3 Å². The van der Waals surface area contributed by atoms with Crippen LogP contribution in [0.25, 0.3) is 0 Å². The van der Waals surface area contributed by atoms with Crippen LogP contribution in [0.1, 0.15) is 31.2 Å². The first-order valence-corrected chi connectivity index (χ1v) is 8.70. The van der Waals surface area contributed by atoms with Crippen LogP contribution in [-0.2, 0) is 26.2 Å². The molecule has 148 valence electrons. The fourth-order valence-corrected chi connectivity index (χ4v) is 3.51. The Labute approximate surface area is 156 Å². The van der Waals surface area contributed by atoms with Gasteiger partial charge in [-0.3, -0.25) is 29.2 Å². The molecule has 1 aromatic rings. The monoisotopic (exact) mass is 380 g/mol. The molecule has 1 N–H and O–H groups in total. The van der Waals surface area contributed by atoms with Gasteiger partial charge in [-0.2, -0.15) is 5.10 Å². The minimum absolute atomic E-state index is 0.152. The molecule has 10 nitrogen and oxygen atoms in total. The predicted octanol–water partition coefficient (Wildman–Crippen LogP) is 1.03. The first-order chi connectivity index (χ1) is 12.6. The second kappa shape index (κ2) is 8.28. The molecule has 1 fully saturated rings. The van der Waals surface area contributed by atoms with Crippen LogP contribution in [0.5, 0.6) is 0 Å². The number of carbonyl (C=O) groups is 3. The van der Waals surface area contributed by atoms with Crippen LogP contribution in [-0.4, -0.2) is 45.5 Å². The summed E-state index contributed by atoms with van der Waals surface area (Å²) in [4.78, 5) is 46.4. The van der Waals surface area contributed by atoms with Crippen molar-refractivity contribution in [2.75, 3.05) is 18.5 Å². The smallest absolute Gasteiger partial charge is 0.307 e. The minimum atomic E-state index is -0.733. The van der Waals surface area contributed by atoms with Crippen LogP contribution in [0.15, 0.2) is 0 Å². The average molecular weight is 380 g/mol. The molecule has 2 rings (SSSR count). The molecule has 1 saturated carbocycles. The summed E-state index contributed by atoms with van der Waals surface area (Å²) >= 11 is 0. The molecule has 3 atom stereocenters. The molecule has 27 heavy (non-hydrogen) atoms. The predicted molar refractivity (Wildman–Crippen MR) is 94.5 cm³/mol. The third-order valence-electron chi connectivity index (χ3n) is 5.07. The molecule has 0 unspecified atom stereocenters. The Balaban J connectivity index is 1.88. The van der Waals surface area contributed by atoms with Gasteiger partial charge in [0.2, 0.25) is 6.54 Å². The molecule has 1 aromatic heterocycles. The van der Waals surface area contributed by atoms with Gasteiger partial charge < -0.3 is 10.1 Å². The van der Waals surface area contributed by atoms with Gasteiger partial charge in [0.1, 0.15) is 5.78 Å². The Morgan fingerprint density at radius 2 is 2.07 bits per heavy atom. The Morgan fingerprint density at radius 1 is 1.41 bits per heavy atom. The molecule has 1 aliphatic rings. The van der Waals surface area contributed by atoms with Crippen molar-refractivity contribution in [3.05, 3.63) is 21.5 Å². The van der Waals surface area contributed by atoms with Crippen molar-refractivity contribution in [3.63, 3.8) is 0 Å². The summed E-state index contributed by atoms with van der Waals surface area (Å²) in [5.41, 5.74) is 1.97. The summed E-state index contributed by atoms with van der Waals surface area (Å²) in [6.45, 7) is 4.46. The van der Waals surface area contributed by atoms with E-state index in [1.165, 1.54) is 0 Å². The van der Waals surface area contributed by atoms with Crippen LogP contribution in [0, 0.1) is 41.7 Å². The molecule has 1 heterocycles. The van der Waals surface area contributed by atoms with E-state index in [1.54, 1.807) is 32.5 Å². The molecule has 0 radical (unpaired) electrons. The highest BCUT2D eigenvalue weighted by Gasteiger charge is 2.44. The van der Waals surface area contributed by atoms with Crippen molar-refractivity contribution in [1.82, 2.24) is 9.78 Å². The number of rotatable bonds is 7.